The molecule has 0 aliphatic heterocycles. The first kappa shape index (κ1) is 20.1. The van der Waals surface area contributed by atoms with Crippen LogP contribution in [-0.2, 0) is 19.4 Å². The molecule has 0 saturated carbocycles. The molecule has 1 atom stereocenters. The third-order valence-electron chi connectivity index (χ3n) is 5.16. The van der Waals surface area contributed by atoms with Crippen molar-refractivity contribution in [2.45, 2.75) is 25.4 Å². The lowest BCUT2D eigenvalue weighted by Gasteiger charge is -2.15. The molecule has 0 bridgehead atoms. The predicted octanol–water partition coefficient (Wildman–Crippen LogP) is 4.27. The van der Waals surface area contributed by atoms with Crippen LogP contribution in [0.2, 0.25) is 0 Å². The van der Waals surface area contributed by atoms with E-state index in [-0.39, 0.29) is 24.3 Å². The van der Waals surface area contributed by atoms with E-state index in [9.17, 15) is 9.18 Å². The number of carbonyl (C=O) groups is 1. The lowest BCUT2D eigenvalue weighted by Crippen LogP contribution is -2.30. The number of nitrogens with one attached hydrogen (secondary N) is 1. The molecule has 0 fully saturated rings. The molecule has 0 radical (unpaired) electrons. The molecule has 3 aromatic rings. The fourth-order valence-corrected chi connectivity index (χ4v) is 3.76. The van der Waals surface area contributed by atoms with E-state index in [0.717, 1.165) is 35.1 Å². The Bertz CT molecular complexity index is 991. The highest BCUT2D eigenvalue weighted by Crippen LogP contribution is 2.25. The van der Waals surface area contributed by atoms with Crippen molar-refractivity contribution >= 4 is 18.3 Å². The Kier molecular flexibility index (Phi) is 6.12. The third-order valence-corrected chi connectivity index (χ3v) is 5.16. The molecular weight excluding hydrogens is 375 g/mol. The molecule has 0 saturated heterocycles. The molecule has 0 heterocycles. The SMILES string of the molecule is Cl.NC(=O)c1cc(-c2ccccc2)ccc1CN[C@@H]1Cc2ccc(F)cc2C1. The van der Waals surface area contributed by atoms with E-state index in [1.807, 2.05) is 54.6 Å². The number of amides is 1. The zero-order chi connectivity index (χ0) is 18.8. The van der Waals surface area contributed by atoms with Gasteiger partial charge in [-0.25, -0.2) is 4.39 Å². The minimum atomic E-state index is -0.429. The van der Waals surface area contributed by atoms with Crippen LogP contribution < -0.4 is 11.1 Å². The van der Waals surface area contributed by atoms with Gasteiger partial charge in [-0.15, -0.1) is 12.4 Å². The van der Waals surface area contributed by atoms with Crippen LogP contribution in [0.1, 0.15) is 27.0 Å². The summed E-state index contributed by atoms with van der Waals surface area (Å²) in [6.07, 6.45) is 1.66. The summed E-state index contributed by atoms with van der Waals surface area (Å²) in [7, 11) is 0. The molecule has 3 N–H and O–H groups in total. The summed E-state index contributed by atoms with van der Waals surface area (Å²) >= 11 is 0. The molecule has 0 unspecified atom stereocenters. The smallest absolute Gasteiger partial charge is 0.249 e. The van der Waals surface area contributed by atoms with E-state index in [1.54, 1.807) is 6.07 Å². The van der Waals surface area contributed by atoms with E-state index >= 15 is 0 Å². The monoisotopic (exact) mass is 396 g/mol. The number of primary amides is 1. The zero-order valence-electron chi connectivity index (χ0n) is 15.3. The standard InChI is InChI=1S/C23H21FN2O.ClH/c24-20-9-8-16-11-21(12-19(16)10-20)26-14-18-7-6-17(13-22(18)23(25)27)15-4-2-1-3-5-15;/h1-10,13,21,26H,11-12,14H2,(H2,25,27);1H/t21-;/m1./s1. The van der Waals surface area contributed by atoms with Crippen LogP contribution in [0.15, 0.2) is 66.7 Å². The van der Waals surface area contributed by atoms with Crippen LogP contribution >= 0.6 is 12.4 Å². The van der Waals surface area contributed by atoms with Crippen LogP contribution in [0.25, 0.3) is 11.1 Å². The number of benzene rings is 3. The number of hydrogen-bond donors (Lipinski definition) is 2. The fourth-order valence-electron chi connectivity index (χ4n) is 3.76. The molecule has 0 spiro atoms. The second kappa shape index (κ2) is 8.55. The van der Waals surface area contributed by atoms with Gasteiger partial charge in [0, 0.05) is 18.2 Å². The van der Waals surface area contributed by atoms with Gasteiger partial charge in [0.1, 0.15) is 5.82 Å². The van der Waals surface area contributed by atoms with Crippen LogP contribution in [-0.4, -0.2) is 11.9 Å². The molecule has 4 rings (SSSR count). The molecule has 1 aliphatic carbocycles. The van der Waals surface area contributed by atoms with Crippen molar-refractivity contribution in [2.24, 2.45) is 5.73 Å². The minimum Gasteiger partial charge on any atom is -0.366 e. The quantitative estimate of drug-likeness (QED) is 0.676. The van der Waals surface area contributed by atoms with Crippen molar-refractivity contribution in [2.75, 3.05) is 0 Å². The maximum absolute atomic E-state index is 13.4. The lowest BCUT2D eigenvalue weighted by atomic mass is 9.98. The molecule has 5 heteroatoms. The number of hydrogen-bond acceptors (Lipinski definition) is 2. The van der Waals surface area contributed by atoms with Gasteiger partial charge in [0.05, 0.1) is 0 Å². The van der Waals surface area contributed by atoms with Gasteiger partial charge in [-0.2, -0.15) is 0 Å². The molecule has 3 aromatic carbocycles. The van der Waals surface area contributed by atoms with Crippen molar-refractivity contribution in [3.8, 4) is 11.1 Å². The van der Waals surface area contributed by atoms with Gasteiger partial charge in [0.2, 0.25) is 5.91 Å². The summed E-state index contributed by atoms with van der Waals surface area (Å²) < 4.78 is 13.4. The van der Waals surface area contributed by atoms with Gasteiger partial charge >= 0.3 is 0 Å². The van der Waals surface area contributed by atoms with E-state index < -0.39 is 5.91 Å². The highest BCUT2D eigenvalue weighted by molar-refractivity contribution is 5.95. The van der Waals surface area contributed by atoms with Gasteiger partial charge in [-0.1, -0.05) is 48.5 Å². The first-order chi connectivity index (χ1) is 13.1. The Morgan fingerprint density at radius 2 is 1.71 bits per heavy atom. The second-order valence-corrected chi connectivity index (χ2v) is 7.00. The Balaban J connectivity index is 0.00000225. The summed E-state index contributed by atoms with van der Waals surface area (Å²) in [5, 5.41) is 3.49. The number of fused-ring (bicyclic) bond motifs is 1. The maximum atomic E-state index is 13.4. The molecule has 1 aliphatic rings. The Hall–Kier alpha value is -2.69. The van der Waals surface area contributed by atoms with Crippen LogP contribution in [0.3, 0.4) is 0 Å². The van der Waals surface area contributed by atoms with E-state index in [0.29, 0.717) is 12.1 Å². The predicted molar refractivity (Wildman–Crippen MR) is 112 cm³/mol. The van der Waals surface area contributed by atoms with Gasteiger partial charge < -0.3 is 11.1 Å². The van der Waals surface area contributed by atoms with E-state index in [1.165, 1.54) is 11.6 Å². The summed E-state index contributed by atoms with van der Waals surface area (Å²) in [5.74, 6) is -0.622. The summed E-state index contributed by atoms with van der Waals surface area (Å²) in [6.45, 7) is 0.550. The third kappa shape index (κ3) is 4.24. The van der Waals surface area contributed by atoms with Gasteiger partial charge in [0.15, 0.2) is 0 Å². The summed E-state index contributed by atoms with van der Waals surface area (Å²) in [6, 6.07) is 20.9. The van der Waals surface area contributed by atoms with Gasteiger partial charge in [-0.05, 0) is 58.9 Å². The van der Waals surface area contributed by atoms with Crippen molar-refractivity contribution in [3.63, 3.8) is 0 Å². The maximum Gasteiger partial charge on any atom is 0.249 e. The van der Waals surface area contributed by atoms with Crippen molar-refractivity contribution in [3.05, 3.63) is 94.8 Å². The molecule has 1 amide bonds. The minimum absolute atomic E-state index is 0. The van der Waals surface area contributed by atoms with E-state index in [2.05, 4.69) is 5.32 Å². The van der Waals surface area contributed by atoms with Gasteiger partial charge in [0.25, 0.3) is 0 Å². The van der Waals surface area contributed by atoms with Gasteiger partial charge in [-0.3, -0.25) is 4.79 Å². The zero-order valence-corrected chi connectivity index (χ0v) is 16.1. The fraction of sp³-hybridized carbons (Fsp3) is 0.174. The molecule has 28 heavy (non-hydrogen) atoms. The van der Waals surface area contributed by atoms with Crippen molar-refractivity contribution in [1.29, 1.82) is 0 Å². The van der Waals surface area contributed by atoms with Crippen molar-refractivity contribution < 1.29 is 9.18 Å². The molecular formula is C23H22ClFN2O. The number of nitrogens with two attached hydrogens (primary N) is 1. The van der Waals surface area contributed by atoms with Crippen LogP contribution in [0.4, 0.5) is 4.39 Å². The summed E-state index contributed by atoms with van der Waals surface area (Å²) in [4.78, 5) is 12.0. The highest BCUT2D eigenvalue weighted by Gasteiger charge is 2.22. The second-order valence-electron chi connectivity index (χ2n) is 7.00. The molecule has 144 valence electrons. The average molecular weight is 397 g/mol. The van der Waals surface area contributed by atoms with Crippen LogP contribution in [0.5, 0.6) is 0 Å². The average Bonchev–Trinajstić information content (AvgIpc) is 3.09. The topological polar surface area (TPSA) is 55.1 Å². The first-order valence-corrected chi connectivity index (χ1v) is 9.09. The van der Waals surface area contributed by atoms with Crippen molar-refractivity contribution in [1.82, 2.24) is 5.32 Å². The largest absolute Gasteiger partial charge is 0.366 e. The number of rotatable bonds is 5. The van der Waals surface area contributed by atoms with Crippen LogP contribution in [0, 0.1) is 5.82 Å². The van der Waals surface area contributed by atoms with E-state index in [4.69, 9.17) is 5.73 Å². The number of halogens is 2. The number of carbonyl (C=O) groups excluding carboxylic acids is 1. The normalized spacial score (nSPS) is 15.0. The Morgan fingerprint density at radius 3 is 2.46 bits per heavy atom. The molecule has 0 aromatic heterocycles. The highest BCUT2D eigenvalue weighted by atomic mass is 35.5. The lowest BCUT2D eigenvalue weighted by molar-refractivity contribution is 0.0999. The first-order valence-electron chi connectivity index (χ1n) is 9.09. The Labute approximate surface area is 170 Å². The summed E-state index contributed by atoms with van der Waals surface area (Å²) in [5.41, 5.74) is 11.3. The Morgan fingerprint density at radius 1 is 0.964 bits per heavy atom. The molecule has 3 nitrogen and oxygen atoms in total.